The summed E-state index contributed by atoms with van der Waals surface area (Å²) in [6.45, 7) is 3.24. The number of carbonyl (C=O) groups is 1. The Kier molecular flexibility index (Phi) is 3.05. The SMILES string of the molecule is C[C@@]12CC[C@@H](F)[C@@H]1CN(OC(=O)c1ccccc1)C2. The molecule has 1 aliphatic heterocycles. The van der Waals surface area contributed by atoms with E-state index in [-0.39, 0.29) is 17.3 Å². The highest BCUT2D eigenvalue weighted by Gasteiger charge is 2.52. The van der Waals surface area contributed by atoms with Gasteiger partial charge >= 0.3 is 5.97 Å². The number of alkyl halides is 1. The highest BCUT2D eigenvalue weighted by Crippen LogP contribution is 2.49. The molecular weight excluding hydrogens is 245 g/mol. The van der Waals surface area contributed by atoms with E-state index in [4.69, 9.17) is 4.84 Å². The van der Waals surface area contributed by atoms with Crippen LogP contribution in [0.2, 0.25) is 0 Å². The van der Waals surface area contributed by atoms with Crippen molar-refractivity contribution in [2.45, 2.75) is 25.9 Å². The Labute approximate surface area is 112 Å². The Morgan fingerprint density at radius 3 is 2.84 bits per heavy atom. The number of carbonyl (C=O) groups excluding carboxylic acids is 1. The molecule has 1 aromatic rings. The van der Waals surface area contributed by atoms with Crippen molar-refractivity contribution in [2.75, 3.05) is 13.1 Å². The van der Waals surface area contributed by atoms with E-state index < -0.39 is 6.17 Å². The van der Waals surface area contributed by atoms with Crippen molar-refractivity contribution in [1.82, 2.24) is 5.06 Å². The fourth-order valence-corrected chi connectivity index (χ4v) is 3.32. The second-order valence-corrected chi connectivity index (χ2v) is 5.88. The summed E-state index contributed by atoms with van der Waals surface area (Å²) >= 11 is 0. The maximum absolute atomic E-state index is 13.8. The molecule has 0 unspecified atom stereocenters. The average molecular weight is 263 g/mol. The third-order valence-electron chi connectivity index (χ3n) is 4.48. The third-order valence-corrected chi connectivity index (χ3v) is 4.48. The van der Waals surface area contributed by atoms with Crippen LogP contribution in [-0.2, 0) is 4.84 Å². The first-order valence-electron chi connectivity index (χ1n) is 6.75. The van der Waals surface area contributed by atoms with Gasteiger partial charge in [0.15, 0.2) is 0 Å². The molecule has 2 fully saturated rings. The summed E-state index contributed by atoms with van der Waals surface area (Å²) in [7, 11) is 0. The normalized spacial score (nSPS) is 34.2. The molecule has 3 atom stereocenters. The molecule has 0 aromatic heterocycles. The molecule has 4 heteroatoms. The zero-order valence-electron chi connectivity index (χ0n) is 11.0. The van der Waals surface area contributed by atoms with Crippen LogP contribution >= 0.6 is 0 Å². The number of benzene rings is 1. The summed E-state index contributed by atoms with van der Waals surface area (Å²) in [6, 6.07) is 8.89. The first-order chi connectivity index (χ1) is 9.08. The predicted octanol–water partition coefficient (Wildman–Crippen LogP) is 2.83. The van der Waals surface area contributed by atoms with Crippen LogP contribution in [0.25, 0.3) is 0 Å². The van der Waals surface area contributed by atoms with Gasteiger partial charge in [-0.25, -0.2) is 9.18 Å². The summed E-state index contributed by atoms with van der Waals surface area (Å²) < 4.78 is 13.8. The van der Waals surface area contributed by atoms with Crippen LogP contribution in [0.1, 0.15) is 30.1 Å². The fourth-order valence-electron chi connectivity index (χ4n) is 3.32. The molecule has 1 aliphatic carbocycles. The zero-order valence-corrected chi connectivity index (χ0v) is 11.0. The van der Waals surface area contributed by atoms with Gasteiger partial charge in [-0.05, 0) is 30.4 Å². The average Bonchev–Trinajstić information content (AvgIpc) is 2.87. The lowest BCUT2D eigenvalue weighted by molar-refractivity contribution is -0.102. The highest BCUT2D eigenvalue weighted by atomic mass is 19.1. The van der Waals surface area contributed by atoms with E-state index >= 15 is 0 Å². The summed E-state index contributed by atoms with van der Waals surface area (Å²) in [6.07, 6.45) is 0.755. The minimum atomic E-state index is -0.759. The van der Waals surface area contributed by atoms with Gasteiger partial charge in [-0.3, -0.25) is 0 Å². The van der Waals surface area contributed by atoms with Crippen molar-refractivity contribution in [2.24, 2.45) is 11.3 Å². The van der Waals surface area contributed by atoms with Gasteiger partial charge in [-0.15, -0.1) is 5.06 Å². The van der Waals surface area contributed by atoms with Crippen LogP contribution in [0, 0.1) is 11.3 Å². The highest BCUT2D eigenvalue weighted by molar-refractivity contribution is 5.89. The molecule has 0 radical (unpaired) electrons. The van der Waals surface area contributed by atoms with Gasteiger partial charge in [0.2, 0.25) is 0 Å². The Bertz CT molecular complexity index is 478. The first-order valence-corrected chi connectivity index (χ1v) is 6.75. The van der Waals surface area contributed by atoms with E-state index in [1.807, 2.05) is 6.07 Å². The van der Waals surface area contributed by atoms with E-state index in [0.29, 0.717) is 25.1 Å². The molecule has 0 spiro atoms. The molecule has 1 heterocycles. The lowest BCUT2D eigenvalue weighted by atomic mass is 9.83. The molecule has 2 aliphatic rings. The molecule has 1 saturated heterocycles. The van der Waals surface area contributed by atoms with Crippen LogP contribution in [0.3, 0.4) is 0 Å². The number of fused-ring (bicyclic) bond motifs is 1. The van der Waals surface area contributed by atoms with Gasteiger partial charge in [0.25, 0.3) is 0 Å². The topological polar surface area (TPSA) is 29.5 Å². The number of halogens is 1. The Morgan fingerprint density at radius 2 is 2.16 bits per heavy atom. The van der Waals surface area contributed by atoms with Crippen molar-refractivity contribution in [3.63, 3.8) is 0 Å². The predicted molar refractivity (Wildman–Crippen MR) is 69.2 cm³/mol. The van der Waals surface area contributed by atoms with Crippen molar-refractivity contribution < 1.29 is 14.0 Å². The molecule has 1 saturated carbocycles. The van der Waals surface area contributed by atoms with E-state index in [2.05, 4.69) is 6.92 Å². The number of hydrogen-bond donors (Lipinski definition) is 0. The maximum atomic E-state index is 13.8. The fraction of sp³-hybridized carbons (Fsp3) is 0.533. The van der Waals surface area contributed by atoms with E-state index in [1.165, 1.54) is 0 Å². The number of nitrogens with zero attached hydrogens (tertiary/aromatic N) is 1. The van der Waals surface area contributed by atoms with Gasteiger partial charge < -0.3 is 4.84 Å². The van der Waals surface area contributed by atoms with E-state index in [9.17, 15) is 9.18 Å². The first kappa shape index (κ1) is 12.6. The molecular formula is C15H18FNO2. The number of hydrogen-bond acceptors (Lipinski definition) is 3. The largest absolute Gasteiger partial charge is 0.364 e. The van der Waals surface area contributed by atoms with Crippen molar-refractivity contribution in [1.29, 1.82) is 0 Å². The molecule has 102 valence electrons. The van der Waals surface area contributed by atoms with Crippen molar-refractivity contribution >= 4 is 5.97 Å². The number of rotatable bonds is 2. The standard InChI is InChI=1S/C15H18FNO2/c1-15-8-7-13(16)12(15)9-17(10-15)19-14(18)11-5-3-2-4-6-11/h2-6,12-13H,7-10H2,1H3/t12-,13+,15-/m0/s1. The molecule has 3 rings (SSSR count). The third kappa shape index (κ3) is 2.25. The zero-order chi connectivity index (χ0) is 13.5. The minimum Gasteiger partial charge on any atom is -0.364 e. The molecule has 19 heavy (non-hydrogen) atoms. The Balaban J connectivity index is 1.65. The molecule has 3 nitrogen and oxygen atoms in total. The van der Waals surface area contributed by atoms with Gasteiger partial charge in [0.05, 0.1) is 5.56 Å². The lowest BCUT2D eigenvalue weighted by Gasteiger charge is -2.22. The Morgan fingerprint density at radius 1 is 1.42 bits per heavy atom. The molecule has 0 bridgehead atoms. The van der Waals surface area contributed by atoms with Crippen LogP contribution < -0.4 is 0 Å². The van der Waals surface area contributed by atoms with Crippen LogP contribution in [0.15, 0.2) is 30.3 Å². The second kappa shape index (κ2) is 4.60. The summed E-state index contributed by atoms with van der Waals surface area (Å²) in [5.41, 5.74) is 0.484. The van der Waals surface area contributed by atoms with Crippen LogP contribution in [0.5, 0.6) is 0 Å². The number of hydroxylamine groups is 2. The summed E-state index contributed by atoms with van der Waals surface area (Å²) in [4.78, 5) is 17.3. The Hall–Kier alpha value is -1.42. The van der Waals surface area contributed by atoms with Crippen molar-refractivity contribution in [3.8, 4) is 0 Å². The minimum absolute atomic E-state index is 0.00364. The monoisotopic (exact) mass is 263 g/mol. The smallest absolute Gasteiger partial charge is 0.357 e. The van der Waals surface area contributed by atoms with Crippen molar-refractivity contribution in [3.05, 3.63) is 35.9 Å². The molecule has 0 amide bonds. The lowest BCUT2D eigenvalue weighted by Crippen LogP contribution is -2.28. The van der Waals surface area contributed by atoms with Gasteiger partial charge in [-0.1, -0.05) is 25.1 Å². The van der Waals surface area contributed by atoms with Gasteiger partial charge in [-0.2, -0.15) is 0 Å². The summed E-state index contributed by atoms with van der Waals surface area (Å²) in [5, 5.41) is 1.63. The molecule has 1 aromatic carbocycles. The van der Waals surface area contributed by atoms with Gasteiger partial charge in [0, 0.05) is 19.0 Å². The van der Waals surface area contributed by atoms with Crippen LogP contribution in [-0.4, -0.2) is 30.3 Å². The maximum Gasteiger partial charge on any atom is 0.357 e. The van der Waals surface area contributed by atoms with E-state index in [0.717, 1.165) is 6.42 Å². The second-order valence-electron chi connectivity index (χ2n) is 5.88. The van der Waals surface area contributed by atoms with E-state index in [1.54, 1.807) is 29.3 Å². The quantitative estimate of drug-likeness (QED) is 0.821. The molecule has 0 N–H and O–H groups in total. The summed E-state index contributed by atoms with van der Waals surface area (Å²) in [5.74, 6) is -0.365. The van der Waals surface area contributed by atoms with Crippen LogP contribution in [0.4, 0.5) is 4.39 Å². The van der Waals surface area contributed by atoms with Gasteiger partial charge in [0.1, 0.15) is 6.17 Å².